The highest BCUT2D eigenvalue weighted by molar-refractivity contribution is 4.91. The lowest BCUT2D eigenvalue weighted by Crippen LogP contribution is -2.47. The molecule has 0 amide bonds. The van der Waals surface area contributed by atoms with E-state index in [1.54, 1.807) is 0 Å². The molecule has 34 heavy (non-hydrogen) atoms. The van der Waals surface area contributed by atoms with Gasteiger partial charge in [0, 0.05) is 0 Å². The summed E-state index contributed by atoms with van der Waals surface area (Å²) in [4.78, 5) is 0. The van der Waals surface area contributed by atoms with Gasteiger partial charge in [0.2, 0.25) is 0 Å². The maximum absolute atomic E-state index is 6.43. The van der Waals surface area contributed by atoms with Gasteiger partial charge in [0.05, 0.1) is 77.3 Å². The van der Waals surface area contributed by atoms with E-state index in [0.717, 1.165) is 12.8 Å². The Bertz CT molecular complexity index is 520. The van der Waals surface area contributed by atoms with Gasteiger partial charge < -0.3 is 28.4 Å². The number of ether oxygens (including phenoxy) is 6. The van der Waals surface area contributed by atoms with Crippen molar-refractivity contribution in [2.24, 2.45) is 22.7 Å². The summed E-state index contributed by atoms with van der Waals surface area (Å²) in [6.07, 6.45) is 7.30. The van der Waals surface area contributed by atoms with Gasteiger partial charge in [-0.05, 0) is 48.3 Å². The van der Waals surface area contributed by atoms with Gasteiger partial charge in [0.15, 0.2) is 0 Å². The van der Waals surface area contributed by atoms with Gasteiger partial charge in [-0.1, -0.05) is 54.4 Å². The third-order valence-corrected chi connectivity index (χ3v) is 7.95. The summed E-state index contributed by atoms with van der Waals surface area (Å²) in [7, 11) is 0. The average molecular weight is 485 g/mol. The molecule has 6 nitrogen and oxygen atoms in total. The molecule has 1 heterocycles. The SMILES string of the molecule is CC(C)(C)C1CCCC2OCCOCCOC3CCCC(C(C)(C)C)C3OCCOCCOC21. The van der Waals surface area contributed by atoms with Crippen LogP contribution in [0.4, 0.5) is 0 Å². The topological polar surface area (TPSA) is 55.4 Å². The van der Waals surface area contributed by atoms with Crippen LogP contribution in [0.2, 0.25) is 0 Å². The van der Waals surface area contributed by atoms with E-state index < -0.39 is 0 Å². The van der Waals surface area contributed by atoms with Crippen molar-refractivity contribution in [3.05, 3.63) is 0 Å². The molecule has 2 saturated carbocycles. The summed E-state index contributed by atoms with van der Waals surface area (Å²) in [6, 6.07) is 0. The van der Waals surface area contributed by atoms with Crippen LogP contribution < -0.4 is 0 Å². The molecule has 0 aromatic heterocycles. The zero-order chi connectivity index (χ0) is 24.6. The predicted octanol–water partition coefficient (Wildman–Crippen LogP) is 5.27. The van der Waals surface area contributed by atoms with E-state index in [9.17, 15) is 0 Å². The molecule has 6 unspecified atom stereocenters. The van der Waals surface area contributed by atoms with Gasteiger partial charge in [-0.3, -0.25) is 0 Å². The van der Waals surface area contributed by atoms with Crippen molar-refractivity contribution in [1.29, 1.82) is 0 Å². The van der Waals surface area contributed by atoms with E-state index in [2.05, 4.69) is 41.5 Å². The second-order valence-electron chi connectivity index (χ2n) is 12.5. The summed E-state index contributed by atoms with van der Waals surface area (Å²) in [5.74, 6) is 0.958. The maximum Gasteiger partial charge on any atom is 0.0870 e. The van der Waals surface area contributed by atoms with Gasteiger partial charge in [0.25, 0.3) is 0 Å². The Balaban J connectivity index is 1.59. The van der Waals surface area contributed by atoms with Gasteiger partial charge in [0.1, 0.15) is 0 Å². The Morgan fingerprint density at radius 2 is 0.794 bits per heavy atom. The highest BCUT2D eigenvalue weighted by Crippen LogP contribution is 2.41. The van der Waals surface area contributed by atoms with Crippen molar-refractivity contribution in [2.45, 2.75) is 104 Å². The normalized spacial score (nSPS) is 36.5. The lowest BCUT2D eigenvalue weighted by molar-refractivity contribution is -0.163. The van der Waals surface area contributed by atoms with Crippen molar-refractivity contribution < 1.29 is 28.4 Å². The highest BCUT2D eigenvalue weighted by atomic mass is 16.6. The first kappa shape index (κ1) is 28.3. The predicted molar refractivity (Wildman–Crippen MR) is 134 cm³/mol. The van der Waals surface area contributed by atoms with Crippen LogP contribution >= 0.6 is 0 Å². The zero-order valence-corrected chi connectivity index (χ0v) is 22.8. The maximum atomic E-state index is 6.43. The van der Waals surface area contributed by atoms with E-state index in [1.807, 2.05) is 0 Å². The van der Waals surface area contributed by atoms with Crippen LogP contribution in [0.15, 0.2) is 0 Å². The Kier molecular flexibility index (Phi) is 11.1. The van der Waals surface area contributed by atoms with Crippen molar-refractivity contribution in [2.75, 3.05) is 52.9 Å². The molecule has 3 aliphatic rings. The summed E-state index contributed by atoms with van der Waals surface area (Å²) in [6.45, 7) is 18.6. The molecule has 6 atom stereocenters. The number of hydrogen-bond acceptors (Lipinski definition) is 6. The Labute approximate surface area is 208 Å². The number of fused-ring (bicyclic) bond motifs is 2. The van der Waals surface area contributed by atoms with Gasteiger partial charge in [-0.15, -0.1) is 0 Å². The van der Waals surface area contributed by atoms with Crippen LogP contribution in [0.5, 0.6) is 0 Å². The fourth-order valence-electron chi connectivity index (χ4n) is 6.12. The number of rotatable bonds is 0. The van der Waals surface area contributed by atoms with Crippen LogP contribution in [0.3, 0.4) is 0 Å². The largest absolute Gasteiger partial charge is 0.377 e. The van der Waals surface area contributed by atoms with Crippen LogP contribution in [0, 0.1) is 22.7 Å². The first-order valence-corrected chi connectivity index (χ1v) is 13.8. The van der Waals surface area contributed by atoms with E-state index in [-0.39, 0.29) is 35.2 Å². The fourth-order valence-corrected chi connectivity index (χ4v) is 6.12. The van der Waals surface area contributed by atoms with Gasteiger partial charge in [-0.2, -0.15) is 0 Å². The van der Waals surface area contributed by atoms with Crippen molar-refractivity contribution in [3.8, 4) is 0 Å². The first-order valence-electron chi connectivity index (χ1n) is 13.8. The summed E-state index contributed by atoms with van der Waals surface area (Å²) in [5, 5.41) is 0. The third kappa shape index (κ3) is 8.41. The van der Waals surface area contributed by atoms with E-state index in [0.29, 0.717) is 64.7 Å². The van der Waals surface area contributed by atoms with E-state index >= 15 is 0 Å². The minimum Gasteiger partial charge on any atom is -0.377 e. The van der Waals surface area contributed by atoms with Crippen molar-refractivity contribution in [1.82, 2.24) is 0 Å². The Hall–Kier alpha value is -0.240. The molecule has 6 heteroatoms. The first-order chi connectivity index (χ1) is 16.2. The molecule has 1 saturated heterocycles. The number of hydrogen-bond donors (Lipinski definition) is 0. The minimum absolute atomic E-state index is 0.103. The lowest BCUT2D eigenvalue weighted by atomic mass is 9.69. The summed E-state index contributed by atoms with van der Waals surface area (Å²) >= 11 is 0. The van der Waals surface area contributed by atoms with Crippen LogP contribution in [-0.2, 0) is 28.4 Å². The van der Waals surface area contributed by atoms with Crippen molar-refractivity contribution >= 4 is 0 Å². The molecule has 3 fully saturated rings. The molecule has 0 spiro atoms. The Morgan fingerprint density at radius 3 is 1.15 bits per heavy atom. The van der Waals surface area contributed by atoms with E-state index in [4.69, 9.17) is 28.4 Å². The molecular weight excluding hydrogens is 432 g/mol. The van der Waals surface area contributed by atoms with Crippen LogP contribution in [0.1, 0.15) is 80.1 Å². The second-order valence-corrected chi connectivity index (χ2v) is 12.5. The average Bonchev–Trinajstić information content (AvgIpc) is 2.76. The quantitative estimate of drug-likeness (QED) is 0.467. The molecule has 0 radical (unpaired) electrons. The molecule has 0 N–H and O–H groups in total. The molecule has 0 aromatic carbocycles. The molecule has 0 aromatic rings. The summed E-state index contributed by atoms with van der Waals surface area (Å²) < 4.78 is 37.3. The second kappa shape index (κ2) is 13.3. The van der Waals surface area contributed by atoms with E-state index in [1.165, 1.54) is 25.7 Å². The van der Waals surface area contributed by atoms with Crippen LogP contribution in [-0.4, -0.2) is 77.3 Å². The molecule has 2 aliphatic carbocycles. The zero-order valence-electron chi connectivity index (χ0n) is 22.8. The molecular formula is C28H52O6. The minimum atomic E-state index is 0.103. The summed E-state index contributed by atoms with van der Waals surface area (Å²) in [5.41, 5.74) is 0.374. The lowest BCUT2D eigenvalue weighted by Gasteiger charge is -2.44. The smallest absolute Gasteiger partial charge is 0.0870 e. The Morgan fingerprint density at radius 1 is 0.441 bits per heavy atom. The highest BCUT2D eigenvalue weighted by Gasteiger charge is 2.42. The molecule has 0 bridgehead atoms. The monoisotopic (exact) mass is 484 g/mol. The third-order valence-electron chi connectivity index (χ3n) is 7.95. The standard InChI is InChI=1S/C28H52O6/c1-27(2,3)21-9-7-11-23-25(21)33-19-15-30-16-20-34-26-22(28(4,5)6)10-8-12-24(26)32-18-14-29-13-17-31-23/h21-26H,7-20H2,1-6H3. The molecule has 3 rings (SSSR count). The fraction of sp³-hybridized carbons (Fsp3) is 1.00. The van der Waals surface area contributed by atoms with Crippen molar-refractivity contribution in [3.63, 3.8) is 0 Å². The van der Waals surface area contributed by atoms with Gasteiger partial charge in [-0.25, -0.2) is 0 Å². The molecule has 1 aliphatic heterocycles. The van der Waals surface area contributed by atoms with Gasteiger partial charge >= 0.3 is 0 Å². The molecule has 200 valence electrons. The van der Waals surface area contributed by atoms with Crippen LogP contribution in [0.25, 0.3) is 0 Å².